The van der Waals surface area contributed by atoms with Gasteiger partial charge in [-0.2, -0.15) is 5.26 Å². The maximum absolute atomic E-state index is 15.5. The second kappa shape index (κ2) is 9.22. The van der Waals surface area contributed by atoms with Gasteiger partial charge in [-0.15, -0.1) is 21.5 Å². The molecule has 6 rings (SSSR count). The minimum absolute atomic E-state index is 0.0999. The van der Waals surface area contributed by atoms with Gasteiger partial charge in [0.1, 0.15) is 22.8 Å². The molecule has 9 heteroatoms. The Hall–Kier alpha value is -4.42. The number of amides is 1. The van der Waals surface area contributed by atoms with Gasteiger partial charge in [-0.25, -0.2) is 9.37 Å². The minimum atomic E-state index is -0.742. The van der Waals surface area contributed by atoms with Crippen molar-refractivity contribution in [1.82, 2.24) is 20.5 Å². The van der Waals surface area contributed by atoms with Crippen LogP contribution in [0.2, 0.25) is 0 Å². The van der Waals surface area contributed by atoms with E-state index in [0.29, 0.717) is 39.5 Å². The Morgan fingerprint density at radius 3 is 2.43 bits per heavy atom. The lowest BCUT2D eigenvalue weighted by Gasteiger charge is -2.06. The van der Waals surface area contributed by atoms with E-state index in [9.17, 15) is 4.79 Å². The lowest BCUT2D eigenvalue weighted by molar-refractivity contribution is -0.121. The van der Waals surface area contributed by atoms with Gasteiger partial charge in [0, 0.05) is 5.56 Å². The van der Waals surface area contributed by atoms with E-state index in [4.69, 9.17) is 9.68 Å². The molecule has 37 heavy (non-hydrogen) atoms. The van der Waals surface area contributed by atoms with E-state index < -0.39 is 5.54 Å². The third-order valence-electron chi connectivity index (χ3n) is 6.31. The number of nitrogens with zero attached hydrogens (tertiary/aromatic N) is 4. The first-order valence-corrected chi connectivity index (χ1v) is 12.6. The Morgan fingerprint density at radius 2 is 1.70 bits per heavy atom. The van der Waals surface area contributed by atoms with Crippen molar-refractivity contribution >= 4 is 27.5 Å². The number of fused-ring (bicyclic) bond motifs is 1. The fraction of sp³-hybridized carbons (Fsp3) is 0.179. The summed E-state index contributed by atoms with van der Waals surface area (Å²) >= 11 is 1.24. The van der Waals surface area contributed by atoms with Crippen LogP contribution in [0.4, 0.5) is 4.39 Å². The van der Waals surface area contributed by atoms with Gasteiger partial charge in [-0.3, -0.25) is 4.79 Å². The van der Waals surface area contributed by atoms with Crippen LogP contribution in [0.3, 0.4) is 0 Å². The SMILES string of the molecule is N#CC1(NC(=O)Cc2nnc(Cc3nc4ccc(-c5ccc(-c6ccccc6)cc5)c(F)c4s3)o2)CC1. The molecule has 2 heterocycles. The van der Waals surface area contributed by atoms with Crippen LogP contribution in [0, 0.1) is 17.1 Å². The van der Waals surface area contributed by atoms with E-state index in [2.05, 4.69) is 26.6 Å². The summed E-state index contributed by atoms with van der Waals surface area (Å²) in [5, 5.41) is 20.4. The van der Waals surface area contributed by atoms with Crippen molar-refractivity contribution in [3.8, 4) is 28.3 Å². The molecule has 3 aromatic carbocycles. The van der Waals surface area contributed by atoms with Crippen LogP contribution in [-0.2, 0) is 17.6 Å². The molecule has 2 aromatic heterocycles. The monoisotopic (exact) mass is 509 g/mol. The van der Waals surface area contributed by atoms with Crippen LogP contribution in [-0.4, -0.2) is 26.6 Å². The Labute approximate surface area is 215 Å². The number of carbonyl (C=O) groups excluding carboxylic acids is 1. The summed E-state index contributed by atoms with van der Waals surface area (Å²) in [5.41, 5.74) is 3.30. The van der Waals surface area contributed by atoms with Gasteiger partial charge in [-0.1, -0.05) is 54.6 Å². The first-order chi connectivity index (χ1) is 18.0. The number of hydrogen-bond donors (Lipinski definition) is 1. The smallest absolute Gasteiger partial charge is 0.230 e. The van der Waals surface area contributed by atoms with Gasteiger partial charge in [0.25, 0.3) is 0 Å². The summed E-state index contributed by atoms with van der Waals surface area (Å²) in [7, 11) is 0. The van der Waals surface area contributed by atoms with E-state index in [0.717, 1.165) is 16.7 Å². The average Bonchev–Trinajstić information content (AvgIpc) is 3.34. The number of aromatic nitrogens is 3. The number of hydrogen-bond acceptors (Lipinski definition) is 7. The number of thiazole rings is 1. The predicted octanol–water partition coefficient (Wildman–Crippen LogP) is 5.46. The van der Waals surface area contributed by atoms with Crippen LogP contribution < -0.4 is 5.32 Å². The third-order valence-corrected chi connectivity index (χ3v) is 7.37. The second-order valence-electron chi connectivity index (χ2n) is 9.01. The van der Waals surface area contributed by atoms with E-state index in [1.807, 2.05) is 60.7 Å². The van der Waals surface area contributed by atoms with Crippen molar-refractivity contribution in [2.45, 2.75) is 31.2 Å². The number of carbonyl (C=O) groups is 1. The zero-order valence-electron chi connectivity index (χ0n) is 19.6. The van der Waals surface area contributed by atoms with Gasteiger partial charge in [0.15, 0.2) is 0 Å². The van der Waals surface area contributed by atoms with Crippen molar-refractivity contribution in [1.29, 1.82) is 5.26 Å². The molecular formula is C28H20FN5O2S. The zero-order valence-corrected chi connectivity index (χ0v) is 20.4. The lowest BCUT2D eigenvalue weighted by Crippen LogP contribution is -2.36. The Bertz CT molecular complexity index is 1650. The van der Waals surface area contributed by atoms with E-state index >= 15 is 4.39 Å². The second-order valence-corrected chi connectivity index (χ2v) is 10.1. The van der Waals surface area contributed by atoms with E-state index in [1.165, 1.54) is 11.3 Å². The maximum Gasteiger partial charge on any atom is 0.230 e. The van der Waals surface area contributed by atoms with Crippen molar-refractivity contribution < 1.29 is 13.6 Å². The van der Waals surface area contributed by atoms with Crippen LogP contribution >= 0.6 is 11.3 Å². The summed E-state index contributed by atoms with van der Waals surface area (Å²) in [5.74, 6) is -0.195. The van der Waals surface area contributed by atoms with Gasteiger partial charge >= 0.3 is 0 Å². The molecule has 0 bridgehead atoms. The maximum atomic E-state index is 15.5. The molecule has 1 aliphatic carbocycles. The fourth-order valence-corrected chi connectivity index (χ4v) is 5.17. The van der Waals surface area contributed by atoms with Gasteiger partial charge in [0.2, 0.25) is 17.7 Å². The molecule has 0 spiro atoms. The standard InChI is InChI=1S/C28H20FN5O2S/c29-26-20(19-8-6-18(7-9-19)17-4-2-1-3-5-17)10-11-21-27(26)37-25(31-21)15-24-34-33-23(36-24)14-22(35)32-28(16-30)12-13-28/h1-11H,12-15H2,(H,32,35). The summed E-state index contributed by atoms with van der Waals surface area (Å²) < 4.78 is 21.6. The predicted molar refractivity (Wildman–Crippen MR) is 137 cm³/mol. The van der Waals surface area contributed by atoms with Gasteiger partial charge in [0.05, 0.1) is 22.7 Å². The zero-order chi connectivity index (χ0) is 25.4. The highest BCUT2D eigenvalue weighted by Gasteiger charge is 2.44. The normalized spacial score (nSPS) is 13.8. The molecule has 5 aromatic rings. The highest BCUT2D eigenvalue weighted by Crippen LogP contribution is 2.35. The summed E-state index contributed by atoms with van der Waals surface area (Å²) in [6.07, 6.45) is 1.44. The van der Waals surface area contributed by atoms with Crippen molar-refractivity contribution in [3.05, 3.63) is 89.3 Å². The quantitative estimate of drug-likeness (QED) is 0.312. The average molecular weight is 510 g/mol. The number of nitriles is 1. The van der Waals surface area contributed by atoms with Crippen LogP contribution in [0.5, 0.6) is 0 Å². The van der Waals surface area contributed by atoms with Crippen molar-refractivity contribution in [3.63, 3.8) is 0 Å². The Morgan fingerprint density at radius 1 is 1.00 bits per heavy atom. The number of halogens is 1. The molecular weight excluding hydrogens is 489 g/mol. The first kappa shape index (κ1) is 23.0. The Balaban J connectivity index is 1.18. The molecule has 0 radical (unpaired) electrons. The van der Waals surface area contributed by atoms with Crippen LogP contribution in [0.25, 0.3) is 32.5 Å². The molecule has 0 saturated heterocycles. The highest BCUT2D eigenvalue weighted by atomic mass is 32.1. The molecule has 1 saturated carbocycles. The lowest BCUT2D eigenvalue weighted by atomic mass is 10.00. The molecule has 0 atom stereocenters. The van der Waals surface area contributed by atoms with Crippen LogP contribution in [0.15, 0.2) is 71.1 Å². The number of nitrogens with one attached hydrogen (secondary N) is 1. The number of rotatable bonds is 7. The third kappa shape index (κ3) is 4.71. The molecule has 1 aliphatic rings. The molecule has 182 valence electrons. The summed E-state index contributed by atoms with van der Waals surface area (Å²) in [6, 6.07) is 23.5. The van der Waals surface area contributed by atoms with E-state index in [-0.39, 0.29) is 30.5 Å². The fourth-order valence-electron chi connectivity index (χ4n) is 4.18. The topological polar surface area (TPSA) is 105 Å². The Kier molecular flexibility index (Phi) is 5.74. The van der Waals surface area contributed by atoms with Crippen molar-refractivity contribution in [2.24, 2.45) is 0 Å². The largest absolute Gasteiger partial charge is 0.424 e. The highest BCUT2D eigenvalue weighted by molar-refractivity contribution is 7.18. The van der Waals surface area contributed by atoms with E-state index in [1.54, 1.807) is 6.07 Å². The summed E-state index contributed by atoms with van der Waals surface area (Å²) in [6.45, 7) is 0. The van der Waals surface area contributed by atoms with Gasteiger partial charge < -0.3 is 9.73 Å². The minimum Gasteiger partial charge on any atom is -0.424 e. The first-order valence-electron chi connectivity index (χ1n) is 11.8. The molecule has 1 fully saturated rings. The van der Waals surface area contributed by atoms with Crippen LogP contribution in [0.1, 0.15) is 29.6 Å². The summed E-state index contributed by atoms with van der Waals surface area (Å²) in [4.78, 5) is 16.7. The number of benzene rings is 3. The van der Waals surface area contributed by atoms with Gasteiger partial charge in [-0.05, 0) is 41.7 Å². The molecule has 0 unspecified atom stereocenters. The van der Waals surface area contributed by atoms with Crippen molar-refractivity contribution in [2.75, 3.05) is 0 Å². The molecule has 1 N–H and O–H groups in total. The molecule has 1 amide bonds. The molecule has 7 nitrogen and oxygen atoms in total. The molecule has 0 aliphatic heterocycles.